The van der Waals surface area contributed by atoms with Crippen molar-refractivity contribution in [3.05, 3.63) is 108 Å². The molecule has 0 bridgehead atoms. The van der Waals surface area contributed by atoms with E-state index in [1.807, 2.05) is 0 Å². The summed E-state index contributed by atoms with van der Waals surface area (Å²) >= 11 is 0. The van der Waals surface area contributed by atoms with Gasteiger partial charge in [0, 0.05) is 5.56 Å². The number of halogens is 6. The Morgan fingerprint density at radius 2 is 1.09 bits per heavy atom. The van der Waals surface area contributed by atoms with Crippen LogP contribution in [0.25, 0.3) is 10.8 Å². The third kappa shape index (κ3) is 6.37. The molecule has 5 rings (SSSR count). The van der Waals surface area contributed by atoms with E-state index in [9.17, 15) is 25.2 Å². The average Bonchev–Trinajstić information content (AvgIpc) is 2.99. The van der Waals surface area contributed by atoms with E-state index in [0.29, 0.717) is 0 Å². The molecule has 0 nitrogen and oxygen atoms in total. The molecule has 0 saturated heterocycles. The van der Waals surface area contributed by atoms with Gasteiger partial charge < -0.3 is 0 Å². The van der Waals surface area contributed by atoms with Crippen LogP contribution >= 0.6 is 15.1 Å². The second-order valence-corrected chi connectivity index (χ2v) is 14.2. The Kier molecular flexibility index (Phi) is 6.07. The standard InChI is InChI=1S/C26H24P.F6P/c1-3-12-23(13-4-1)27(24-14-5-2-6-15-24)19-9-11-22-18-17-21-10-7-8-16-25(21)26(22)20-27;1-7(2,3,4,5)6/h1-8,10,12-18H,9,11,19-20H2;/q+1;-1. The van der Waals surface area contributed by atoms with Crippen LogP contribution in [0.1, 0.15) is 17.5 Å². The van der Waals surface area contributed by atoms with E-state index >= 15 is 0 Å². The fraction of sp³-hybridized carbons (Fsp3) is 0.154. The molecular formula is C26H24F6P2. The molecule has 0 amide bonds. The molecule has 0 radical (unpaired) electrons. The summed E-state index contributed by atoms with van der Waals surface area (Å²) in [6, 6.07) is 36.3. The van der Waals surface area contributed by atoms with Crippen molar-refractivity contribution < 1.29 is 25.2 Å². The Morgan fingerprint density at radius 1 is 0.588 bits per heavy atom. The van der Waals surface area contributed by atoms with Gasteiger partial charge in [-0.2, -0.15) is 0 Å². The maximum Gasteiger partial charge on any atom is 0.0995 e. The van der Waals surface area contributed by atoms with Gasteiger partial charge in [-0.1, -0.05) is 72.8 Å². The van der Waals surface area contributed by atoms with Gasteiger partial charge in [-0.3, -0.25) is 0 Å². The van der Waals surface area contributed by atoms with Gasteiger partial charge in [-0.15, -0.1) is 0 Å². The molecule has 0 N–H and O–H groups in total. The first-order valence-electron chi connectivity index (χ1n) is 10.9. The van der Waals surface area contributed by atoms with Crippen LogP contribution in [0.15, 0.2) is 97.1 Å². The number of fused-ring (bicyclic) bond motifs is 3. The Morgan fingerprint density at radius 3 is 1.65 bits per heavy atom. The molecule has 0 aliphatic carbocycles. The molecule has 0 saturated carbocycles. The third-order valence-electron chi connectivity index (χ3n) is 6.05. The fourth-order valence-electron chi connectivity index (χ4n) is 4.71. The molecule has 0 atom stereocenters. The molecule has 4 aromatic rings. The molecule has 8 heteroatoms. The van der Waals surface area contributed by atoms with Crippen molar-refractivity contribution >= 4 is 36.5 Å². The first kappa shape index (κ1) is 24.7. The maximum absolute atomic E-state index is 10.7. The summed E-state index contributed by atoms with van der Waals surface area (Å²) in [5.41, 5.74) is 3.15. The topological polar surface area (TPSA) is 0 Å². The molecule has 180 valence electrons. The van der Waals surface area contributed by atoms with Crippen molar-refractivity contribution in [3.8, 4) is 0 Å². The summed E-state index contributed by atoms with van der Waals surface area (Å²) in [6.45, 7) is 0. The summed E-state index contributed by atoms with van der Waals surface area (Å²) in [5.74, 6) is 0. The number of hydrogen-bond acceptors (Lipinski definition) is 0. The molecule has 0 fully saturated rings. The quantitative estimate of drug-likeness (QED) is 0.185. The van der Waals surface area contributed by atoms with Crippen LogP contribution in [0.2, 0.25) is 0 Å². The number of aryl methyl sites for hydroxylation is 1. The van der Waals surface area contributed by atoms with E-state index in [1.165, 1.54) is 35.9 Å². The minimum absolute atomic E-state index is 1.18. The van der Waals surface area contributed by atoms with E-state index < -0.39 is 15.1 Å². The SMILES string of the molecule is F[P-](F)(F)(F)(F)F.c1ccc([P+]2(c3ccccc3)CCCc3ccc4ccccc4c3C2)cc1. The minimum Gasteiger partial charge on any atom is -0.0620 e. The summed E-state index contributed by atoms with van der Waals surface area (Å²) in [4.78, 5) is 0. The van der Waals surface area contributed by atoms with Gasteiger partial charge in [0.15, 0.2) is 0 Å². The molecular weight excluding hydrogens is 488 g/mol. The summed E-state index contributed by atoms with van der Waals surface area (Å²) in [5, 5.41) is 5.93. The average molecular weight is 512 g/mol. The predicted octanol–water partition coefficient (Wildman–Crippen LogP) is 9.34. The number of benzene rings is 4. The molecule has 0 unspecified atom stereocenters. The Bertz CT molecular complexity index is 1240. The van der Waals surface area contributed by atoms with Crippen molar-refractivity contribution in [1.29, 1.82) is 0 Å². The molecule has 1 heterocycles. The first-order chi connectivity index (χ1) is 15.8. The summed E-state index contributed by atoms with van der Waals surface area (Å²) < 4.78 is 59.2. The van der Waals surface area contributed by atoms with Gasteiger partial charge >= 0.3 is 33.0 Å². The van der Waals surface area contributed by atoms with Crippen LogP contribution in [0, 0.1) is 0 Å². The maximum atomic E-state index is 9.87. The zero-order chi connectivity index (χ0) is 24.5. The third-order valence-corrected chi connectivity index (χ3v) is 10.6. The Labute approximate surface area is 195 Å². The first-order valence-corrected chi connectivity index (χ1v) is 15.0. The molecule has 34 heavy (non-hydrogen) atoms. The van der Waals surface area contributed by atoms with E-state index in [2.05, 4.69) is 97.1 Å². The van der Waals surface area contributed by atoms with Crippen LogP contribution in [-0.4, -0.2) is 6.16 Å². The Balaban J connectivity index is 0.000000344. The summed E-state index contributed by atoms with van der Waals surface area (Å²) in [6.07, 6.45) is 4.94. The van der Waals surface area contributed by atoms with Crippen LogP contribution in [-0.2, 0) is 12.6 Å². The van der Waals surface area contributed by atoms with Gasteiger partial charge in [0.05, 0.1) is 30.2 Å². The van der Waals surface area contributed by atoms with Crippen LogP contribution in [0.4, 0.5) is 25.2 Å². The van der Waals surface area contributed by atoms with Crippen molar-refractivity contribution in [3.63, 3.8) is 0 Å². The van der Waals surface area contributed by atoms with Crippen molar-refractivity contribution in [2.75, 3.05) is 6.16 Å². The van der Waals surface area contributed by atoms with Crippen LogP contribution < -0.4 is 10.6 Å². The van der Waals surface area contributed by atoms with Gasteiger partial charge in [0.1, 0.15) is 0 Å². The normalized spacial score (nSPS) is 17.4. The van der Waals surface area contributed by atoms with Crippen molar-refractivity contribution in [2.24, 2.45) is 0 Å². The second kappa shape index (κ2) is 8.36. The number of hydrogen-bond donors (Lipinski definition) is 0. The van der Waals surface area contributed by atoms with Gasteiger partial charge in [-0.05, 0) is 53.4 Å². The molecule has 0 spiro atoms. The molecule has 4 aromatic carbocycles. The van der Waals surface area contributed by atoms with E-state index in [-0.39, 0.29) is 0 Å². The van der Waals surface area contributed by atoms with Crippen molar-refractivity contribution in [1.82, 2.24) is 0 Å². The smallest absolute Gasteiger partial charge is 0.0620 e. The predicted molar refractivity (Wildman–Crippen MR) is 133 cm³/mol. The van der Waals surface area contributed by atoms with E-state index in [4.69, 9.17) is 0 Å². The zero-order valence-corrected chi connectivity index (χ0v) is 20.0. The molecule has 1 aliphatic rings. The largest absolute Gasteiger partial charge is 0.0995 e. The van der Waals surface area contributed by atoms with E-state index in [1.54, 1.807) is 21.7 Å². The zero-order valence-electron chi connectivity index (χ0n) is 18.2. The number of rotatable bonds is 2. The minimum atomic E-state index is -10.7. The fourth-order valence-corrected chi connectivity index (χ4v) is 9.14. The van der Waals surface area contributed by atoms with Crippen LogP contribution in [0.3, 0.4) is 0 Å². The Hall–Kier alpha value is -2.42. The van der Waals surface area contributed by atoms with E-state index in [0.717, 1.165) is 0 Å². The molecule has 1 aliphatic heterocycles. The summed E-state index contributed by atoms with van der Waals surface area (Å²) in [7, 11) is -12.1. The van der Waals surface area contributed by atoms with Crippen LogP contribution in [0.5, 0.6) is 0 Å². The van der Waals surface area contributed by atoms with Gasteiger partial charge in [-0.25, -0.2) is 0 Å². The second-order valence-electron chi connectivity index (χ2n) is 8.51. The van der Waals surface area contributed by atoms with Crippen molar-refractivity contribution in [2.45, 2.75) is 19.0 Å². The monoisotopic (exact) mass is 512 g/mol. The van der Waals surface area contributed by atoms with Gasteiger partial charge in [0.25, 0.3) is 0 Å². The molecule has 0 aromatic heterocycles. The van der Waals surface area contributed by atoms with Gasteiger partial charge in [0.2, 0.25) is 0 Å².